The van der Waals surface area contributed by atoms with E-state index in [1.807, 2.05) is 36.1 Å². The largest absolute Gasteiger partial charge is 0.491 e. The van der Waals surface area contributed by atoms with Crippen molar-refractivity contribution >= 4 is 23.2 Å². The van der Waals surface area contributed by atoms with Gasteiger partial charge in [-0.3, -0.25) is 9.59 Å². The van der Waals surface area contributed by atoms with Gasteiger partial charge in [0.15, 0.2) is 0 Å². The maximum atomic E-state index is 12.4. The molecular weight excluding hydrogens is 382 g/mol. The smallest absolute Gasteiger partial charge is 0.253 e. The maximum absolute atomic E-state index is 12.4. The fraction of sp³-hybridized carbons (Fsp3) is 0.391. The Morgan fingerprint density at radius 2 is 1.60 bits per heavy atom. The van der Waals surface area contributed by atoms with Crippen molar-refractivity contribution in [3.8, 4) is 5.75 Å². The summed E-state index contributed by atoms with van der Waals surface area (Å²) < 4.78 is 10.8. The van der Waals surface area contributed by atoms with Crippen LogP contribution in [0.3, 0.4) is 0 Å². The van der Waals surface area contributed by atoms with Crippen molar-refractivity contribution in [3.05, 3.63) is 54.1 Å². The molecule has 2 aromatic carbocycles. The number of amides is 2. The van der Waals surface area contributed by atoms with Gasteiger partial charge in [-0.2, -0.15) is 0 Å². The van der Waals surface area contributed by atoms with E-state index in [1.54, 1.807) is 24.3 Å². The van der Waals surface area contributed by atoms with Crippen LogP contribution >= 0.6 is 0 Å². The van der Waals surface area contributed by atoms with E-state index in [1.165, 1.54) is 0 Å². The van der Waals surface area contributed by atoms with E-state index in [0.717, 1.165) is 37.4 Å². The first kappa shape index (κ1) is 21.6. The second-order valence-electron chi connectivity index (χ2n) is 7.05. The van der Waals surface area contributed by atoms with E-state index in [-0.39, 0.29) is 18.4 Å². The number of benzene rings is 2. The van der Waals surface area contributed by atoms with Gasteiger partial charge in [0.05, 0.1) is 13.2 Å². The third-order valence-electron chi connectivity index (χ3n) is 4.82. The average molecular weight is 412 g/mol. The lowest BCUT2D eigenvalue weighted by Crippen LogP contribution is -2.27. The van der Waals surface area contributed by atoms with Crippen LogP contribution in [0.5, 0.6) is 5.75 Å². The minimum absolute atomic E-state index is 0.0531. The van der Waals surface area contributed by atoms with Crippen molar-refractivity contribution in [1.82, 2.24) is 4.90 Å². The van der Waals surface area contributed by atoms with Crippen molar-refractivity contribution in [2.75, 3.05) is 50.1 Å². The van der Waals surface area contributed by atoms with E-state index in [2.05, 4.69) is 10.6 Å². The highest BCUT2D eigenvalue weighted by Gasteiger charge is 2.19. The van der Waals surface area contributed by atoms with Crippen LogP contribution in [0.15, 0.2) is 48.5 Å². The number of hydrogen-bond acceptors (Lipinski definition) is 5. The van der Waals surface area contributed by atoms with Crippen molar-refractivity contribution in [1.29, 1.82) is 0 Å². The van der Waals surface area contributed by atoms with Crippen molar-refractivity contribution in [3.63, 3.8) is 0 Å². The van der Waals surface area contributed by atoms with Gasteiger partial charge in [-0.25, -0.2) is 0 Å². The van der Waals surface area contributed by atoms with Crippen molar-refractivity contribution in [2.24, 2.45) is 0 Å². The van der Waals surface area contributed by atoms with E-state index in [0.29, 0.717) is 31.1 Å². The molecule has 0 bridgehead atoms. The molecule has 0 spiro atoms. The normalized spacial score (nSPS) is 13.2. The summed E-state index contributed by atoms with van der Waals surface area (Å²) in [5.74, 6) is 0.649. The Morgan fingerprint density at radius 3 is 2.27 bits per heavy atom. The van der Waals surface area contributed by atoms with Crippen LogP contribution in [0.25, 0.3) is 0 Å². The summed E-state index contributed by atoms with van der Waals surface area (Å²) in [5, 5.41) is 5.92. The molecule has 1 fully saturated rings. The van der Waals surface area contributed by atoms with Gasteiger partial charge in [0, 0.05) is 36.6 Å². The summed E-state index contributed by atoms with van der Waals surface area (Å²) in [6.45, 7) is 5.47. The number of nitrogens with zero attached hydrogens (tertiary/aromatic N) is 1. The molecule has 7 nitrogen and oxygen atoms in total. The van der Waals surface area contributed by atoms with Gasteiger partial charge in [0.25, 0.3) is 5.91 Å². The SMILES string of the molecule is CCOCCOc1ccc(NCC(=O)Nc2ccc(C(=O)N3CCCC3)cc2)cc1. The van der Waals surface area contributed by atoms with Gasteiger partial charge in [-0.05, 0) is 68.3 Å². The summed E-state index contributed by atoms with van der Waals surface area (Å²) >= 11 is 0. The molecular formula is C23H29N3O4. The lowest BCUT2D eigenvalue weighted by Gasteiger charge is -2.15. The van der Waals surface area contributed by atoms with Crippen molar-refractivity contribution in [2.45, 2.75) is 19.8 Å². The number of likely N-dealkylation sites (tertiary alicyclic amines) is 1. The van der Waals surface area contributed by atoms with Gasteiger partial charge >= 0.3 is 0 Å². The molecule has 0 aromatic heterocycles. The molecule has 1 aliphatic rings. The number of carbonyl (C=O) groups is 2. The van der Waals surface area contributed by atoms with Crippen LogP contribution in [-0.2, 0) is 9.53 Å². The molecule has 0 atom stereocenters. The van der Waals surface area contributed by atoms with Crippen LogP contribution in [0.2, 0.25) is 0 Å². The number of ether oxygens (including phenoxy) is 2. The van der Waals surface area contributed by atoms with E-state index in [9.17, 15) is 9.59 Å². The Bertz CT molecular complexity index is 815. The number of anilines is 2. The third-order valence-corrected chi connectivity index (χ3v) is 4.82. The number of carbonyl (C=O) groups excluding carboxylic acids is 2. The monoisotopic (exact) mass is 411 g/mol. The van der Waals surface area contributed by atoms with Gasteiger partial charge < -0.3 is 25.0 Å². The maximum Gasteiger partial charge on any atom is 0.253 e. The van der Waals surface area contributed by atoms with Crippen LogP contribution in [0.1, 0.15) is 30.1 Å². The predicted molar refractivity (Wildman–Crippen MR) is 117 cm³/mol. The molecule has 2 amide bonds. The molecule has 0 saturated carbocycles. The minimum Gasteiger partial charge on any atom is -0.491 e. The van der Waals surface area contributed by atoms with Crippen LogP contribution < -0.4 is 15.4 Å². The van der Waals surface area contributed by atoms with E-state index in [4.69, 9.17) is 9.47 Å². The lowest BCUT2D eigenvalue weighted by atomic mass is 10.2. The van der Waals surface area contributed by atoms with Gasteiger partial charge in [-0.15, -0.1) is 0 Å². The fourth-order valence-corrected chi connectivity index (χ4v) is 3.22. The Morgan fingerprint density at radius 1 is 0.933 bits per heavy atom. The second kappa shape index (κ2) is 11.2. The van der Waals surface area contributed by atoms with Crippen LogP contribution in [-0.4, -0.2) is 56.2 Å². The van der Waals surface area contributed by atoms with Gasteiger partial charge in [0.2, 0.25) is 5.91 Å². The first-order chi connectivity index (χ1) is 14.7. The Balaban J connectivity index is 1.41. The molecule has 0 aliphatic carbocycles. The molecule has 7 heteroatoms. The molecule has 2 aromatic rings. The number of hydrogen-bond donors (Lipinski definition) is 2. The standard InChI is InChI=1S/C23H29N3O4/c1-2-29-15-16-30-21-11-9-19(10-12-21)24-17-22(27)25-20-7-5-18(6-8-20)23(28)26-13-3-4-14-26/h5-12,24H,2-4,13-17H2,1H3,(H,25,27). The zero-order chi connectivity index (χ0) is 21.2. The summed E-state index contributed by atoms with van der Waals surface area (Å²) in [7, 11) is 0. The first-order valence-electron chi connectivity index (χ1n) is 10.4. The van der Waals surface area contributed by atoms with Gasteiger partial charge in [0.1, 0.15) is 12.4 Å². The van der Waals surface area contributed by atoms with Crippen molar-refractivity contribution < 1.29 is 19.1 Å². The third kappa shape index (κ3) is 6.49. The summed E-state index contributed by atoms with van der Waals surface area (Å²) in [6.07, 6.45) is 2.13. The highest BCUT2D eigenvalue weighted by molar-refractivity contribution is 5.96. The molecule has 0 unspecified atom stereocenters. The first-order valence-corrected chi connectivity index (χ1v) is 10.4. The molecule has 3 rings (SSSR count). The molecule has 30 heavy (non-hydrogen) atoms. The Labute approximate surface area is 177 Å². The fourth-order valence-electron chi connectivity index (χ4n) is 3.22. The minimum atomic E-state index is -0.161. The molecule has 160 valence electrons. The Kier molecular flexibility index (Phi) is 8.09. The highest BCUT2D eigenvalue weighted by Crippen LogP contribution is 2.17. The molecule has 1 saturated heterocycles. The lowest BCUT2D eigenvalue weighted by molar-refractivity contribution is -0.114. The van der Waals surface area contributed by atoms with Gasteiger partial charge in [-0.1, -0.05) is 0 Å². The van der Waals surface area contributed by atoms with E-state index < -0.39 is 0 Å². The summed E-state index contributed by atoms with van der Waals surface area (Å²) in [5.41, 5.74) is 2.14. The Hall–Kier alpha value is -3.06. The predicted octanol–water partition coefficient (Wildman–Crippen LogP) is 3.39. The van der Waals surface area contributed by atoms with Crippen LogP contribution in [0, 0.1) is 0 Å². The quantitative estimate of drug-likeness (QED) is 0.586. The molecule has 0 radical (unpaired) electrons. The molecule has 1 heterocycles. The van der Waals surface area contributed by atoms with Crippen LogP contribution in [0.4, 0.5) is 11.4 Å². The average Bonchev–Trinajstić information content (AvgIpc) is 3.31. The van der Waals surface area contributed by atoms with E-state index >= 15 is 0 Å². The second-order valence-corrected chi connectivity index (χ2v) is 7.05. The highest BCUT2D eigenvalue weighted by atomic mass is 16.5. The summed E-state index contributed by atoms with van der Waals surface area (Å²) in [6, 6.07) is 14.5. The molecule has 1 aliphatic heterocycles. The number of nitrogens with one attached hydrogen (secondary N) is 2. The summed E-state index contributed by atoms with van der Waals surface area (Å²) in [4.78, 5) is 26.4. The zero-order valence-corrected chi connectivity index (χ0v) is 17.4. The number of rotatable bonds is 10. The molecule has 2 N–H and O–H groups in total. The topological polar surface area (TPSA) is 79.9 Å². The zero-order valence-electron chi connectivity index (χ0n) is 17.4.